The third-order valence-electron chi connectivity index (χ3n) is 11.3. The monoisotopic (exact) mass is 935 g/mol. The molecule has 0 aliphatic carbocycles. The topological polar surface area (TPSA) is 168 Å². The Hall–Kier alpha value is -2.78. The van der Waals surface area contributed by atoms with Gasteiger partial charge in [-0.2, -0.15) is 13.8 Å². The quantitative estimate of drug-likeness (QED) is 0.0201. The standard InChI is InChI=1S/C47H81F2N2O12P/c1-5-8-11-14-17-18-19-20-21-22-23-24-27-30-33-43(54)63-44-40(62-45(47(44,48)49)51-35-34-39(4)50-46(51)55)36-59-64(56,60-37-57-41(52)31-28-25-15-12-9-6-2)61-38-58-42(53)32-29-26-16-13-10-7-3/h34-35,40,44-45H,5-33,36-38H2,1-4H3/t40-,44-,45-/m1/s1. The first-order chi connectivity index (χ1) is 30.9. The molecule has 1 aliphatic rings. The van der Waals surface area contributed by atoms with Crippen LogP contribution in [0.25, 0.3) is 0 Å². The predicted octanol–water partition coefficient (Wildman–Crippen LogP) is 12.5. The number of carbonyl (C=O) groups is 3. The van der Waals surface area contributed by atoms with E-state index in [1.807, 2.05) is 0 Å². The average Bonchev–Trinajstić information content (AvgIpc) is 3.50. The highest BCUT2D eigenvalue weighted by molar-refractivity contribution is 7.48. The zero-order chi connectivity index (χ0) is 46.9. The molecule has 64 heavy (non-hydrogen) atoms. The van der Waals surface area contributed by atoms with Crippen molar-refractivity contribution in [1.29, 1.82) is 0 Å². The SMILES string of the molecule is CCCCCCCCCCCCCCCCC(=O)O[C@@H]1[C@@H](COP(=O)(OCOC(=O)CCCCCCCC)OCOC(=O)CCCCCCCC)O[C@@H](n2ccc(C)nc2=O)C1(F)F. The van der Waals surface area contributed by atoms with E-state index in [0.717, 1.165) is 96.1 Å². The summed E-state index contributed by atoms with van der Waals surface area (Å²) in [5, 5.41) is 0. The van der Waals surface area contributed by atoms with Gasteiger partial charge in [0.05, 0.1) is 6.61 Å². The van der Waals surface area contributed by atoms with Crippen molar-refractivity contribution in [3.8, 4) is 0 Å². The number of hydrogen-bond donors (Lipinski definition) is 0. The summed E-state index contributed by atoms with van der Waals surface area (Å²) in [6.45, 7) is 5.24. The van der Waals surface area contributed by atoms with E-state index in [1.165, 1.54) is 64.4 Å². The summed E-state index contributed by atoms with van der Waals surface area (Å²) in [5.74, 6) is -6.14. The molecule has 0 N–H and O–H groups in total. The van der Waals surface area contributed by atoms with Gasteiger partial charge in [0, 0.05) is 31.2 Å². The first kappa shape index (κ1) is 57.3. The zero-order valence-corrected chi connectivity index (χ0v) is 40.4. The van der Waals surface area contributed by atoms with Gasteiger partial charge in [-0.15, -0.1) is 0 Å². The van der Waals surface area contributed by atoms with Crippen LogP contribution in [0.15, 0.2) is 17.1 Å². The molecule has 0 unspecified atom stereocenters. The maximum Gasteiger partial charge on any atom is 0.480 e. The fourth-order valence-corrected chi connectivity index (χ4v) is 8.34. The molecule has 3 atom stereocenters. The van der Waals surface area contributed by atoms with E-state index in [4.69, 9.17) is 32.5 Å². The van der Waals surface area contributed by atoms with Crippen LogP contribution in [-0.4, -0.2) is 65.8 Å². The number of alkyl halides is 2. The van der Waals surface area contributed by atoms with Gasteiger partial charge in [-0.3, -0.25) is 23.5 Å². The predicted molar refractivity (Wildman–Crippen MR) is 241 cm³/mol. The largest absolute Gasteiger partial charge is 0.480 e. The van der Waals surface area contributed by atoms with Crippen molar-refractivity contribution in [2.24, 2.45) is 0 Å². The van der Waals surface area contributed by atoms with Crippen LogP contribution < -0.4 is 5.69 Å². The van der Waals surface area contributed by atoms with E-state index < -0.39 is 76.0 Å². The van der Waals surface area contributed by atoms with Crippen LogP contribution in [0.1, 0.15) is 219 Å². The molecule has 1 aromatic rings. The Kier molecular flexibility index (Phi) is 30.9. The molecule has 2 heterocycles. The van der Waals surface area contributed by atoms with Crippen LogP contribution in [0.5, 0.6) is 0 Å². The van der Waals surface area contributed by atoms with E-state index in [2.05, 4.69) is 25.8 Å². The number of ether oxygens (including phenoxy) is 4. The molecule has 0 spiro atoms. The Morgan fingerprint density at radius 1 is 0.641 bits per heavy atom. The van der Waals surface area contributed by atoms with Crippen molar-refractivity contribution in [2.75, 3.05) is 20.2 Å². The first-order valence-electron chi connectivity index (χ1n) is 24.5. The fourth-order valence-electron chi connectivity index (χ4n) is 7.42. The summed E-state index contributed by atoms with van der Waals surface area (Å²) in [6.07, 6.45) is 21.6. The van der Waals surface area contributed by atoms with Gasteiger partial charge in [-0.25, -0.2) is 18.4 Å². The van der Waals surface area contributed by atoms with Crippen molar-refractivity contribution in [3.05, 3.63) is 28.4 Å². The number of phosphoric acid groups is 1. The number of nitrogens with zero attached hydrogens (tertiary/aromatic N) is 2. The number of aromatic nitrogens is 2. The second-order valence-corrected chi connectivity index (χ2v) is 18.7. The lowest BCUT2D eigenvalue weighted by Crippen LogP contribution is -2.44. The van der Waals surface area contributed by atoms with Crippen LogP contribution in [0.4, 0.5) is 8.78 Å². The van der Waals surface area contributed by atoms with Crippen molar-refractivity contribution >= 4 is 25.7 Å². The van der Waals surface area contributed by atoms with Crippen molar-refractivity contribution in [1.82, 2.24) is 9.55 Å². The van der Waals surface area contributed by atoms with E-state index in [9.17, 15) is 23.7 Å². The minimum absolute atomic E-state index is 0.0869. The Balaban J connectivity index is 2.05. The molecule has 17 heteroatoms. The molecular weight excluding hydrogens is 853 g/mol. The molecule has 2 rings (SSSR count). The molecule has 1 aromatic heterocycles. The third kappa shape index (κ3) is 24.7. The highest BCUT2D eigenvalue weighted by Gasteiger charge is 2.63. The highest BCUT2D eigenvalue weighted by atomic mass is 31.2. The number of rotatable bonds is 40. The van der Waals surface area contributed by atoms with Crippen LogP contribution >= 0.6 is 7.82 Å². The molecule has 0 radical (unpaired) electrons. The molecule has 0 bridgehead atoms. The molecule has 1 saturated heterocycles. The molecule has 0 amide bonds. The minimum Gasteiger partial charge on any atom is -0.453 e. The third-order valence-corrected chi connectivity index (χ3v) is 12.6. The van der Waals surface area contributed by atoms with Crippen LogP contribution in [0.3, 0.4) is 0 Å². The van der Waals surface area contributed by atoms with Gasteiger partial charge in [0.2, 0.25) is 19.8 Å². The average molecular weight is 935 g/mol. The number of aryl methyl sites for hydroxylation is 1. The van der Waals surface area contributed by atoms with Gasteiger partial charge >= 0.3 is 37.3 Å². The van der Waals surface area contributed by atoms with E-state index in [-0.39, 0.29) is 25.0 Å². The van der Waals surface area contributed by atoms with Gasteiger partial charge in [0.25, 0.3) is 0 Å². The molecule has 0 aromatic carbocycles. The number of phosphoric ester groups is 1. The normalized spacial score (nSPS) is 17.1. The fraction of sp³-hybridized carbons (Fsp3) is 0.851. The van der Waals surface area contributed by atoms with Crippen molar-refractivity contribution in [2.45, 2.75) is 238 Å². The summed E-state index contributed by atoms with van der Waals surface area (Å²) >= 11 is 0. The van der Waals surface area contributed by atoms with Crippen LogP contribution in [0.2, 0.25) is 0 Å². The van der Waals surface area contributed by atoms with E-state index >= 15 is 8.78 Å². The molecular formula is C47H81F2N2O12P. The maximum atomic E-state index is 16.2. The summed E-state index contributed by atoms with van der Waals surface area (Å²) in [5.41, 5.74) is -0.740. The second kappa shape index (κ2) is 34.5. The highest BCUT2D eigenvalue weighted by Crippen LogP contribution is 2.51. The molecule has 370 valence electrons. The number of halogens is 2. The molecule has 14 nitrogen and oxygen atoms in total. The van der Waals surface area contributed by atoms with Gasteiger partial charge < -0.3 is 18.9 Å². The molecule has 1 aliphatic heterocycles. The lowest BCUT2D eigenvalue weighted by molar-refractivity contribution is -0.176. The van der Waals surface area contributed by atoms with Crippen molar-refractivity contribution < 1.29 is 60.2 Å². The Morgan fingerprint density at radius 2 is 1.03 bits per heavy atom. The van der Waals surface area contributed by atoms with E-state index in [1.54, 1.807) is 0 Å². The zero-order valence-electron chi connectivity index (χ0n) is 39.5. The maximum absolute atomic E-state index is 16.2. The van der Waals surface area contributed by atoms with Crippen LogP contribution in [0, 0.1) is 6.92 Å². The summed E-state index contributed by atoms with van der Waals surface area (Å²) in [7, 11) is -4.83. The van der Waals surface area contributed by atoms with Gasteiger partial charge in [0.1, 0.15) is 6.10 Å². The Labute approximate surface area is 381 Å². The Bertz CT molecular complexity index is 1490. The lowest BCUT2D eigenvalue weighted by atomic mass is 10.0. The van der Waals surface area contributed by atoms with Crippen LogP contribution in [-0.2, 0) is 51.5 Å². The summed E-state index contributed by atoms with van der Waals surface area (Å²) < 4.78 is 84.1. The molecule has 1 fully saturated rings. The summed E-state index contributed by atoms with van der Waals surface area (Å²) in [6, 6.07) is 1.35. The number of unbranched alkanes of at least 4 members (excludes halogenated alkanes) is 23. The minimum atomic E-state index is -4.83. The van der Waals surface area contributed by atoms with Gasteiger partial charge in [-0.05, 0) is 32.3 Å². The smallest absolute Gasteiger partial charge is 0.453 e. The lowest BCUT2D eigenvalue weighted by Gasteiger charge is -2.25. The number of carbonyl (C=O) groups excluding carboxylic acids is 3. The second-order valence-electron chi connectivity index (χ2n) is 17.0. The first-order valence-corrected chi connectivity index (χ1v) is 26.0. The Morgan fingerprint density at radius 3 is 1.44 bits per heavy atom. The van der Waals surface area contributed by atoms with E-state index in [0.29, 0.717) is 30.3 Å². The summed E-state index contributed by atoms with van der Waals surface area (Å²) in [4.78, 5) is 54.3. The molecule has 0 saturated carbocycles. The number of hydrogen-bond acceptors (Lipinski definition) is 13. The number of esters is 3. The van der Waals surface area contributed by atoms with Gasteiger partial charge in [0.15, 0.2) is 6.10 Å². The van der Waals surface area contributed by atoms with Gasteiger partial charge in [-0.1, -0.05) is 168 Å². The van der Waals surface area contributed by atoms with Crippen molar-refractivity contribution in [3.63, 3.8) is 0 Å².